The number of rotatable bonds is 3. The van der Waals surface area contributed by atoms with Crippen molar-refractivity contribution in [3.63, 3.8) is 0 Å². The molecule has 0 unspecified atom stereocenters. The summed E-state index contributed by atoms with van der Waals surface area (Å²) in [5.74, 6) is 0.480. The van der Waals surface area contributed by atoms with E-state index >= 15 is 0 Å². The van der Waals surface area contributed by atoms with Crippen LogP contribution < -0.4 is 4.74 Å². The van der Waals surface area contributed by atoms with E-state index in [9.17, 15) is 0 Å². The normalized spacial score (nSPS) is 10.7. The number of nitrogens with zero attached hydrogens (tertiary/aromatic N) is 1. The zero-order chi connectivity index (χ0) is 12.4. The Morgan fingerprint density at radius 3 is 2.78 bits per heavy atom. The van der Waals surface area contributed by atoms with Crippen molar-refractivity contribution in [2.24, 2.45) is 0 Å². The smallest absolute Gasteiger partial charge is 0.319 e. The number of ether oxygens (including phenoxy) is 1. The number of fused-ring (bicyclic) bond motifs is 1. The molecule has 0 saturated carbocycles. The van der Waals surface area contributed by atoms with Gasteiger partial charge in [0.1, 0.15) is 0 Å². The van der Waals surface area contributed by atoms with Crippen molar-refractivity contribution in [3.8, 4) is 17.1 Å². The van der Waals surface area contributed by atoms with Crippen LogP contribution in [-0.4, -0.2) is 11.8 Å². The lowest BCUT2D eigenvalue weighted by Gasteiger charge is -2.05. The minimum atomic E-state index is 0.480. The quantitative estimate of drug-likeness (QED) is 0.695. The number of aromatic nitrogens is 1. The maximum absolute atomic E-state index is 5.45. The minimum Gasteiger partial charge on any atom is -0.464 e. The zero-order valence-corrected chi connectivity index (χ0v) is 10.1. The van der Waals surface area contributed by atoms with Crippen LogP contribution in [0.3, 0.4) is 0 Å². The number of benzene rings is 2. The van der Waals surface area contributed by atoms with Gasteiger partial charge in [0.05, 0.1) is 18.4 Å². The van der Waals surface area contributed by atoms with Crippen molar-refractivity contribution in [2.45, 2.75) is 6.92 Å². The molecule has 3 rings (SSSR count). The van der Waals surface area contributed by atoms with Crippen LogP contribution in [0.15, 0.2) is 53.2 Å². The Balaban J connectivity index is 2.22. The van der Waals surface area contributed by atoms with E-state index in [4.69, 9.17) is 9.26 Å². The van der Waals surface area contributed by atoms with E-state index in [0.717, 1.165) is 11.1 Å². The SMILES string of the molecule is CCOc1oncc1-c1cccc2ccccc12. The minimum absolute atomic E-state index is 0.480. The van der Waals surface area contributed by atoms with Crippen LogP contribution in [0.1, 0.15) is 6.92 Å². The highest BCUT2D eigenvalue weighted by Crippen LogP contribution is 2.34. The molecule has 0 bridgehead atoms. The first-order chi connectivity index (χ1) is 8.90. The highest BCUT2D eigenvalue weighted by molar-refractivity contribution is 5.97. The fourth-order valence-corrected chi connectivity index (χ4v) is 2.10. The van der Waals surface area contributed by atoms with Crippen LogP contribution in [0.25, 0.3) is 21.9 Å². The topological polar surface area (TPSA) is 35.3 Å². The maximum atomic E-state index is 5.45. The molecular weight excluding hydrogens is 226 g/mol. The van der Waals surface area contributed by atoms with Gasteiger partial charge in [-0.2, -0.15) is 0 Å². The summed E-state index contributed by atoms with van der Waals surface area (Å²) < 4.78 is 10.6. The Bertz CT molecular complexity index is 668. The summed E-state index contributed by atoms with van der Waals surface area (Å²) >= 11 is 0. The fourth-order valence-electron chi connectivity index (χ4n) is 2.10. The van der Waals surface area contributed by atoms with Gasteiger partial charge < -0.3 is 9.26 Å². The Hall–Kier alpha value is -2.29. The Labute approximate surface area is 105 Å². The summed E-state index contributed by atoms with van der Waals surface area (Å²) in [4.78, 5) is 0. The summed E-state index contributed by atoms with van der Waals surface area (Å²) in [6.07, 6.45) is 1.70. The molecule has 0 aliphatic rings. The Morgan fingerprint density at radius 2 is 1.89 bits per heavy atom. The Kier molecular flexibility index (Phi) is 2.73. The molecule has 0 aliphatic heterocycles. The van der Waals surface area contributed by atoms with Gasteiger partial charge in [0, 0.05) is 0 Å². The standard InChI is InChI=1S/C15H13NO2/c1-2-17-15-14(10-16-18-15)13-9-5-7-11-6-3-4-8-12(11)13/h3-10H,2H2,1H3. The van der Waals surface area contributed by atoms with Crippen LogP contribution in [0.4, 0.5) is 0 Å². The molecule has 0 N–H and O–H groups in total. The molecule has 2 aromatic carbocycles. The van der Waals surface area contributed by atoms with Gasteiger partial charge in [-0.15, -0.1) is 0 Å². The van der Waals surface area contributed by atoms with Gasteiger partial charge in [0.25, 0.3) is 0 Å². The second-order valence-corrected chi connectivity index (χ2v) is 3.99. The zero-order valence-electron chi connectivity index (χ0n) is 10.1. The van der Waals surface area contributed by atoms with Crippen LogP contribution in [0, 0.1) is 0 Å². The van der Waals surface area contributed by atoms with E-state index in [1.807, 2.05) is 25.1 Å². The molecule has 18 heavy (non-hydrogen) atoms. The molecule has 0 radical (unpaired) electrons. The number of hydrogen-bond donors (Lipinski definition) is 0. The van der Waals surface area contributed by atoms with E-state index in [1.54, 1.807) is 6.20 Å². The van der Waals surface area contributed by atoms with Gasteiger partial charge in [0.2, 0.25) is 0 Å². The van der Waals surface area contributed by atoms with Crippen molar-refractivity contribution in [1.82, 2.24) is 5.16 Å². The summed E-state index contributed by atoms with van der Waals surface area (Å²) in [7, 11) is 0. The molecule has 90 valence electrons. The van der Waals surface area contributed by atoms with Crippen LogP contribution in [0.2, 0.25) is 0 Å². The monoisotopic (exact) mass is 239 g/mol. The van der Waals surface area contributed by atoms with Crippen LogP contribution in [-0.2, 0) is 0 Å². The first-order valence-corrected chi connectivity index (χ1v) is 5.95. The van der Waals surface area contributed by atoms with Crippen molar-refractivity contribution >= 4 is 10.8 Å². The average molecular weight is 239 g/mol. The predicted molar refractivity (Wildman–Crippen MR) is 70.6 cm³/mol. The highest BCUT2D eigenvalue weighted by atomic mass is 16.6. The second kappa shape index (κ2) is 4.53. The lowest BCUT2D eigenvalue weighted by atomic mass is 10.0. The summed E-state index contributed by atoms with van der Waals surface area (Å²) in [6, 6.07) is 14.4. The van der Waals surface area contributed by atoms with Crippen LogP contribution >= 0.6 is 0 Å². The first kappa shape index (κ1) is 10.8. The van der Waals surface area contributed by atoms with Crippen molar-refractivity contribution < 1.29 is 9.26 Å². The van der Waals surface area contributed by atoms with Gasteiger partial charge in [-0.05, 0) is 23.3 Å². The van der Waals surface area contributed by atoms with E-state index in [-0.39, 0.29) is 0 Å². The molecule has 0 spiro atoms. The fraction of sp³-hybridized carbons (Fsp3) is 0.133. The molecule has 3 aromatic rings. The van der Waals surface area contributed by atoms with Crippen LogP contribution in [0.5, 0.6) is 5.95 Å². The molecule has 3 heteroatoms. The van der Waals surface area contributed by atoms with Crippen molar-refractivity contribution in [3.05, 3.63) is 48.7 Å². The second-order valence-electron chi connectivity index (χ2n) is 3.99. The number of hydrogen-bond acceptors (Lipinski definition) is 3. The maximum Gasteiger partial charge on any atom is 0.319 e. The third-order valence-corrected chi connectivity index (χ3v) is 2.89. The molecule has 0 fully saturated rings. The van der Waals surface area contributed by atoms with Gasteiger partial charge in [-0.3, -0.25) is 0 Å². The van der Waals surface area contributed by atoms with Gasteiger partial charge in [0.15, 0.2) is 0 Å². The van der Waals surface area contributed by atoms with E-state index in [1.165, 1.54) is 10.8 Å². The highest BCUT2D eigenvalue weighted by Gasteiger charge is 2.13. The van der Waals surface area contributed by atoms with Gasteiger partial charge >= 0.3 is 5.95 Å². The van der Waals surface area contributed by atoms with Gasteiger partial charge in [-0.25, -0.2) is 0 Å². The third kappa shape index (κ3) is 1.74. The summed E-state index contributed by atoms with van der Waals surface area (Å²) in [6.45, 7) is 2.49. The third-order valence-electron chi connectivity index (χ3n) is 2.89. The first-order valence-electron chi connectivity index (χ1n) is 5.95. The molecular formula is C15H13NO2. The van der Waals surface area contributed by atoms with Crippen molar-refractivity contribution in [1.29, 1.82) is 0 Å². The molecule has 0 saturated heterocycles. The lowest BCUT2D eigenvalue weighted by molar-refractivity contribution is 0.226. The summed E-state index contributed by atoms with van der Waals surface area (Å²) in [5, 5.41) is 6.19. The summed E-state index contributed by atoms with van der Waals surface area (Å²) in [5.41, 5.74) is 1.98. The average Bonchev–Trinajstić information content (AvgIpc) is 2.87. The lowest BCUT2D eigenvalue weighted by Crippen LogP contribution is -1.91. The molecule has 0 atom stereocenters. The molecule has 3 nitrogen and oxygen atoms in total. The predicted octanol–water partition coefficient (Wildman–Crippen LogP) is 3.89. The van der Waals surface area contributed by atoms with E-state index < -0.39 is 0 Å². The molecule has 1 heterocycles. The Morgan fingerprint density at radius 1 is 1.06 bits per heavy atom. The van der Waals surface area contributed by atoms with Crippen molar-refractivity contribution in [2.75, 3.05) is 6.61 Å². The molecule has 0 aliphatic carbocycles. The van der Waals surface area contributed by atoms with E-state index in [0.29, 0.717) is 12.6 Å². The molecule has 0 amide bonds. The largest absolute Gasteiger partial charge is 0.464 e. The van der Waals surface area contributed by atoms with E-state index in [2.05, 4.69) is 29.4 Å². The molecule has 1 aromatic heterocycles. The van der Waals surface area contributed by atoms with Gasteiger partial charge in [-0.1, -0.05) is 47.6 Å².